The van der Waals surface area contributed by atoms with E-state index in [4.69, 9.17) is 4.74 Å². The zero-order valence-electron chi connectivity index (χ0n) is 18.5. The number of aromatic nitrogens is 3. The normalized spacial score (nSPS) is 16.4. The quantitative estimate of drug-likeness (QED) is 0.633. The Labute approximate surface area is 184 Å². The van der Waals surface area contributed by atoms with E-state index in [-0.39, 0.29) is 0 Å². The lowest BCUT2D eigenvalue weighted by atomic mass is 10.1. The molecule has 3 aromatic rings. The summed E-state index contributed by atoms with van der Waals surface area (Å²) in [5.74, 6) is 2.91. The minimum atomic E-state index is 0.662. The number of aryl methyl sites for hydroxylation is 2. The first-order valence-corrected chi connectivity index (χ1v) is 11.4. The summed E-state index contributed by atoms with van der Waals surface area (Å²) in [7, 11) is 0. The SMILES string of the molecule is Cc1cccc(N2CCN(CCCc3nnc4n3CCOc3ccccc3-4)CC2)c1C. The van der Waals surface area contributed by atoms with Crippen molar-refractivity contribution in [3.63, 3.8) is 0 Å². The van der Waals surface area contributed by atoms with Crippen LogP contribution >= 0.6 is 0 Å². The van der Waals surface area contributed by atoms with Crippen molar-refractivity contribution in [1.82, 2.24) is 19.7 Å². The highest BCUT2D eigenvalue weighted by atomic mass is 16.5. The van der Waals surface area contributed by atoms with Gasteiger partial charge in [0.2, 0.25) is 0 Å². The molecule has 6 heteroatoms. The van der Waals surface area contributed by atoms with Crippen LogP contribution in [0.15, 0.2) is 42.5 Å². The topological polar surface area (TPSA) is 46.4 Å². The molecule has 1 aromatic heterocycles. The highest BCUT2D eigenvalue weighted by Crippen LogP contribution is 2.31. The van der Waals surface area contributed by atoms with Gasteiger partial charge < -0.3 is 14.2 Å². The van der Waals surface area contributed by atoms with Gasteiger partial charge in [-0.05, 0) is 56.1 Å². The van der Waals surface area contributed by atoms with Crippen molar-refractivity contribution in [2.45, 2.75) is 33.2 Å². The molecule has 2 aliphatic rings. The van der Waals surface area contributed by atoms with Gasteiger partial charge in [-0.1, -0.05) is 24.3 Å². The maximum atomic E-state index is 5.90. The number of nitrogens with zero attached hydrogens (tertiary/aromatic N) is 5. The molecule has 3 heterocycles. The van der Waals surface area contributed by atoms with E-state index in [1.54, 1.807) is 0 Å². The molecule has 162 valence electrons. The molecule has 0 bridgehead atoms. The standard InChI is InChI=1S/C25H31N5O/c1-19-7-5-9-22(20(19)2)29-15-13-28(14-16-29)12-6-11-24-26-27-25-21-8-3-4-10-23(21)31-18-17-30(24)25/h3-5,7-10H,6,11-18H2,1-2H3. The number of hydrogen-bond donors (Lipinski definition) is 0. The van der Waals surface area contributed by atoms with Crippen LogP contribution < -0.4 is 9.64 Å². The summed E-state index contributed by atoms with van der Waals surface area (Å²) in [5, 5.41) is 9.02. The number of anilines is 1. The Balaban J connectivity index is 1.16. The summed E-state index contributed by atoms with van der Waals surface area (Å²) in [6.07, 6.45) is 2.05. The van der Waals surface area contributed by atoms with Crippen LogP contribution in [0.3, 0.4) is 0 Å². The summed E-state index contributed by atoms with van der Waals surface area (Å²) < 4.78 is 8.15. The Hall–Kier alpha value is -2.86. The van der Waals surface area contributed by atoms with Gasteiger partial charge >= 0.3 is 0 Å². The Kier molecular flexibility index (Phi) is 5.64. The summed E-state index contributed by atoms with van der Waals surface area (Å²) in [5.41, 5.74) is 5.23. The van der Waals surface area contributed by atoms with E-state index in [1.807, 2.05) is 18.2 Å². The van der Waals surface area contributed by atoms with Gasteiger partial charge in [0.1, 0.15) is 18.2 Å². The maximum absolute atomic E-state index is 5.90. The van der Waals surface area contributed by atoms with Gasteiger partial charge in [-0.2, -0.15) is 0 Å². The number of rotatable bonds is 5. The van der Waals surface area contributed by atoms with Crippen LogP contribution in [0.4, 0.5) is 5.69 Å². The summed E-state index contributed by atoms with van der Waals surface area (Å²) in [4.78, 5) is 5.12. The van der Waals surface area contributed by atoms with E-state index in [2.05, 4.69) is 62.7 Å². The summed E-state index contributed by atoms with van der Waals surface area (Å²) >= 11 is 0. The van der Waals surface area contributed by atoms with Gasteiger partial charge in [0.05, 0.1) is 12.1 Å². The molecular formula is C25H31N5O. The van der Waals surface area contributed by atoms with Crippen LogP contribution in [0.2, 0.25) is 0 Å². The number of ether oxygens (including phenoxy) is 1. The first-order chi connectivity index (χ1) is 15.2. The maximum Gasteiger partial charge on any atom is 0.167 e. The van der Waals surface area contributed by atoms with Gasteiger partial charge in [0, 0.05) is 38.3 Å². The van der Waals surface area contributed by atoms with Crippen LogP contribution in [0.5, 0.6) is 5.75 Å². The average Bonchev–Trinajstić information content (AvgIpc) is 3.09. The molecule has 1 saturated heterocycles. The van der Waals surface area contributed by atoms with Gasteiger partial charge in [0.25, 0.3) is 0 Å². The molecule has 0 atom stereocenters. The second-order valence-electron chi connectivity index (χ2n) is 8.59. The van der Waals surface area contributed by atoms with Crippen molar-refractivity contribution < 1.29 is 4.74 Å². The molecule has 0 N–H and O–H groups in total. The summed E-state index contributed by atoms with van der Waals surface area (Å²) in [6, 6.07) is 14.8. The molecule has 0 unspecified atom stereocenters. The fourth-order valence-corrected chi connectivity index (χ4v) is 4.73. The fraction of sp³-hybridized carbons (Fsp3) is 0.440. The fourth-order valence-electron chi connectivity index (χ4n) is 4.73. The van der Waals surface area contributed by atoms with E-state index < -0.39 is 0 Å². The van der Waals surface area contributed by atoms with Crippen molar-refractivity contribution in [3.05, 3.63) is 59.4 Å². The Bertz CT molecular complexity index is 1050. The van der Waals surface area contributed by atoms with Crippen molar-refractivity contribution >= 4 is 5.69 Å². The predicted molar refractivity (Wildman–Crippen MR) is 124 cm³/mol. The molecule has 0 spiro atoms. The highest BCUT2D eigenvalue weighted by molar-refractivity contribution is 5.64. The molecule has 6 nitrogen and oxygen atoms in total. The monoisotopic (exact) mass is 417 g/mol. The molecule has 2 aromatic carbocycles. The molecule has 0 aliphatic carbocycles. The largest absolute Gasteiger partial charge is 0.491 e. The van der Waals surface area contributed by atoms with Crippen molar-refractivity contribution in [1.29, 1.82) is 0 Å². The number of hydrogen-bond acceptors (Lipinski definition) is 5. The van der Waals surface area contributed by atoms with Gasteiger partial charge in [-0.3, -0.25) is 4.90 Å². The van der Waals surface area contributed by atoms with Crippen LogP contribution in [0.25, 0.3) is 11.4 Å². The molecular weight excluding hydrogens is 386 g/mol. The van der Waals surface area contributed by atoms with E-state index in [9.17, 15) is 0 Å². The third-order valence-corrected chi connectivity index (χ3v) is 6.69. The third kappa shape index (κ3) is 4.04. The highest BCUT2D eigenvalue weighted by Gasteiger charge is 2.21. The van der Waals surface area contributed by atoms with E-state index >= 15 is 0 Å². The van der Waals surface area contributed by atoms with Gasteiger partial charge in [-0.25, -0.2) is 0 Å². The van der Waals surface area contributed by atoms with E-state index in [0.717, 1.165) is 75.1 Å². The number of piperazine rings is 1. The smallest absolute Gasteiger partial charge is 0.167 e. The van der Waals surface area contributed by atoms with Gasteiger partial charge in [0.15, 0.2) is 5.82 Å². The lowest BCUT2D eigenvalue weighted by molar-refractivity contribution is 0.253. The molecule has 0 radical (unpaired) electrons. The summed E-state index contributed by atoms with van der Waals surface area (Å²) in [6.45, 7) is 11.4. The molecule has 31 heavy (non-hydrogen) atoms. The zero-order chi connectivity index (χ0) is 21.2. The van der Waals surface area contributed by atoms with Crippen LogP contribution in [-0.2, 0) is 13.0 Å². The number of para-hydroxylation sites is 1. The van der Waals surface area contributed by atoms with E-state index in [0.29, 0.717) is 6.61 Å². The van der Waals surface area contributed by atoms with Crippen molar-refractivity contribution in [2.24, 2.45) is 0 Å². The van der Waals surface area contributed by atoms with E-state index in [1.165, 1.54) is 16.8 Å². The van der Waals surface area contributed by atoms with Crippen LogP contribution in [-0.4, -0.2) is 59.0 Å². The molecule has 2 aliphatic heterocycles. The Morgan fingerprint density at radius 2 is 1.74 bits per heavy atom. The van der Waals surface area contributed by atoms with Crippen LogP contribution in [0.1, 0.15) is 23.4 Å². The second-order valence-corrected chi connectivity index (χ2v) is 8.59. The van der Waals surface area contributed by atoms with Crippen molar-refractivity contribution in [3.8, 4) is 17.1 Å². The molecule has 0 amide bonds. The number of benzene rings is 2. The average molecular weight is 418 g/mol. The minimum absolute atomic E-state index is 0.662. The molecule has 1 fully saturated rings. The molecule has 0 saturated carbocycles. The predicted octanol–water partition coefficient (Wildman–Crippen LogP) is 3.71. The first-order valence-electron chi connectivity index (χ1n) is 11.4. The number of fused-ring (bicyclic) bond motifs is 3. The third-order valence-electron chi connectivity index (χ3n) is 6.69. The Morgan fingerprint density at radius 3 is 2.61 bits per heavy atom. The lowest BCUT2D eigenvalue weighted by Crippen LogP contribution is -2.47. The second kappa shape index (κ2) is 8.71. The molecule has 5 rings (SSSR count). The Morgan fingerprint density at radius 1 is 0.903 bits per heavy atom. The van der Waals surface area contributed by atoms with Crippen LogP contribution in [0, 0.1) is 13.8 Å². The zero-order valence-corrected chi connectivity index (χ0v) is 18.5. The lowest BCUT2D eigenvalue weighted by Gasteiger charge is -2.37. The minimum Gasteiger partial charge on any atom is -0.491 e. The first kappa shape index (κ1) is 20.1. The van der Waals surface area contributed by atoms with Gasteiger partial charge in [-0.15, -0.1) is 10.2 Å². The van der Waals surface area contributed by atoms with Crippen molar-refractivity contribution in [2.75, 3.05) is 44.2 Å².